The van der Waals surface area contributed by atoms with Gasteiger partial charge in [-0.3, -0.25) is 20.2 Å². The van der Waals surface area contributed by atoms with Crippen molar-refractivity contribution in [1.82, 2.24) is 10.6 Å². The molecule has 0 aliphatic carbocycles. The van der Waals surface area contributed by atoms with Gasteiger partial charge in [0.05, 0.1) is 11.6 Å². The minimum absolute atomic E-state index is 0.0571. The molecule has 1 saturated heterocycles. The minimum atomic E-state index is -1.14. The van der Waals surface area contributed by atoms with Gasteiger partial charge in [-0.2, -0.15) is 0 Å². The molecule has 126 valence electrons. The topological polar surface area (TPSA) is 114 Å². The molecule has 0 atom stereocenters. The Balaban J connectivity index is 2.38. The second kappa shape index (κ2) is 7.41. The summed E-state index contributed by atoms with van der Waals surface area (Å²) in [5.74, 6) is -1.94. The first-order valence-corrected chi connectivity index (χ1v) is 7.62. The average Bonchev–Trinajstić information content (AvgIpc) is 2.49. The van der Waals surface area contributed by atoms with Crippen molar-refractivity contribution in [3.8, 4) is 11.5 Å². The molecule has 1 aliphatic heterocycles. The number of carbonyl (C=O) groups excluding carboxylic acids is 2. The zero-order valence-corrected chi connectivity index (χ0v) is 14.6. The van der Waals surface area contributed by atoms with E-state index in [1.54, 1.807) is 6.07 Å². The lowest BCUT2D eigenvalue weighted by molar-refractivity contribution is -0.139. The van der Waals surface area contributed by atoms with Gasteiger partial charge >= 0.3 is 5.97 Å². The third-order valence-electron chi connectivity index (χ3n) is 2.85. The standard InChI is InChI=1S/C14H11BrN2O6S/c1-22-9-4-6(3-8(15)11(9)23-5-10(18)19)2-7-12(20)16-14(24)17-13(7)21/h2-4H,5H2,1H3,(H,18,19)(H2,16,17,20,21,24). The summed E-state index contributed by atoms with van der Waals surface area (Å²) >= 11 is 7.97. The molecule has 8 nitrogen and oxygen atoms in total. The SMILES string of the molecule is COc1cc(C=C2C(=O)NC(=S)NC2=O)cc(Br)c1OCC(=O)O. The first kappa shape index (κ1) is 17.9. The number of rotatable bonds is 5. The van der Waals surface area contributed by atoms with Crippen LogP contribution in [0.1, 0.15) is 5.56 Å². The molecule has 0 spiro atoms. The van der Waals surface area contributed by atoms with Crippen LogP contribution in [-0.2, 0) is 14.4 Å². The summed E-state index contributed by atoms with van der Waals surface area (Å²) in [7, 11) is 1.38. The average molecular weight is 415 g/mol. The largest absolute Gasteiger partial charge is 0.493 e. The molecule has 1 aromatic carbocycles. The fourth-order valence-corrected chi connectivity index (χ4v) is 2.63. The zero-order valence-electron chi connectivity index (χ0n) is 12.2. The van der Waals surface area contributed by atoms with E-state index in [-0.39, 0.29) is 22.2 Å². The Hall–Kier alpha value is -2.46. The molecule has 2 amide bonds. The van der Waals surface area contributed by atoms with Crippen molar-refractivity contribution < 1.29 is 29.0 Å². The smallest absolute Gasteiger partial charge is 0.341 e. The molecular formula is C14H11BrN2O6S. The van der Waals surface area contributed by atoms with Gasteiger partial charge in [0.25, 0.3) is 11.8 Å². The summed E-state index contributed by atoms with van der Waals surface area (Å²) in [5.41, 5.74) is 0.339. The molecule has 1 aliphatic rings. The van der Waals surface area contributed by atoms with E-state index in [0.717, 1.165) is 0 Å². The number of thiocarbonyl (C=S) groups is 1. The maximum Gasteiger partial charge on any atom is 0.341 e. The number of ether oxygens (including phenoxy) is 2. The Morgan fingerprint density at radius 1 is 1.33 bits per heavy atom. The molecule has 0 radical (unpaired) electrons. The van der Waals surface area contributed by atoms with Crippen LogP contribution in [0.25, 0.3) is 6.08 Å². The van der Waals surface area contributed by atoms with E-state index in [1.165, 1.54) is 19.3 Å². The first-order valence-electron chi connectivity index (χ1n) is 6.42. The number of hydrogen-bond acceptors (Lipinski definition) is 6. The number of carboxylic acid groups (broad SMARTS) is 1. The summed E-state index contributed by atoms with van der Waals surface area (Å²) in [6.45, 7) is -0.544. The third-order valence-corrected chi connectivity index (χ3v) is 3.64. The van der Waals surface area contributed by atoms with Gasteiger partial charge in [0.15, 0.2) is 23.2 Å². The van der Waals surface area contributed by atoms with Crippen LogP contribution < -0.4 is 20.1 Å². The number of nitrogens with one attached hydrogen (secondary N) is 2. The van der Waals surface area contributed by atoms with Crippen LogP contribution in [0.2, 0.25) is 0 Å². The summed E-state index contributed by atoms with van der Waals surface area (Å²) < 4.78 is 10.7. The second-order valence-corrected chi connectivity index (χ2v) is 5.77. The monoisotopic (exact) mass is 414 g/mol. The predicted molar refractivity (Wildman–Crippen MR) is 90.7 cm³/mol. The highest BCUT2D eigenvalue weighted by atomic mass is 79.9. The number of halogens is 1. The molecule has 2 rings (SSSR count). The number of carbonyl (C=O) groups is 3. The van der Waals surface area contributed by atoms with E-state index in [2.05, 4.69) is 26.6 Å². The Bertz CT molecular complexity index is 755. The van der Waals surface area contributed by atoms with Gasteiger partial charge in [-0.25, -0.2) is 4.79 Å². The fraction of sp³-hybridized carbons (Fsp3) is 0.143. The Kier molecular flexibility index (Phi) is 5.52. The molecule has 24 heavy (non-hydrogen) atoms. The highest BCUT2D eigenvalue weighted by Gasteiger charge is 2.26. The third kappa shape index (κ3) is 4.09. The highest BCUT2D eigenvalue weighted by molar-refractivity contribution is 9.10. The van der Waals surface area contributed by atoms with Gasteiger partial charge in [-0.15, -0.1) is 0 Å². The molecule has 3 N–H and O–H groups in total. The van der Waals surface area contributed by atoms with Crippen LogP contribution in [0.15, 0.2) is 22.2 Å². The van der Waals surface area contributed by atoms with Crippen molar-refractivity contribution in [2.24, 2.45) is 0 Å². The molecule has 10 heteroatoms. The van der Waals surface area contributed by atoms with Gasteiger partial charge < -0.3 is 14.6 Å². The quantitative estimate of drug-likeness (QED) is 0.371. The van der Waals surface area contributed by atoms with E-state index >= 15 is 0 Å². The van der Waals surface area contributed by atoms with Gasteiger partial charge in [-0.05, 0) is 51.9 Å². The molecule has 0 saturated carbocycles. The molecule has 0 bridgehead atoms. The maximum atomic E-state index is 11.8. The van der Waals surface area contributed by atoms with Gasteiger partial charge in [0, 0.05) is 0 Å². The van der Waals surface area contributed by atoms with Gasteiger partial charge in [0.1, 0.15) is 5.57 Å². The lowest BCUT2D eigenvalue weighted by atomic mass is 10.1. The molecular weight excluding hydrogens is 404 g/mol. The van der Waals surface area contributed by atoms with E-state index in [4.69, 9.17) is 26.8 Å². The van der Waals surface area contributed by atoms with Crippen LogP contribution >= 0.6 is 28.1 Å². The van der Waals surface area contributed by atoms with Crippen LogP contribution in [-0.4, -0.2) is 41.7 Å². The van der Waals surface area contributed by atoms with E-state index in [9.17, 15) is 14.4 Å². The van der Waals surface area contributed by atoms with E-state index in [0.29, 0.717) is 10.0 Å². The maximum absolute atomic E-state index is 11.8. The summed E-state index contributed by atoms with van der Waals surface area (Å²) in [4.78, 5) is 34.3. The summed E-state index contributed by atoms with van der Waals surface area (Å²) in [6, 6.07) is 3.06. The highest BCUT2D eigenvalue weighted by Crippen LogP contribution is 2.37. The lowest BCUT2D eigenvalue weighted by Gasteiger charge is -2.17. The molecule has 1 aromatic rings. The molecule has 1 heterocycles. The van der Waals surface area contributed by atoms with Crippen LogP contribution in [0.5, 0.6) is 11.5 Å². The van der Waals surface area contributed by atoms with Gasteiger partial charge in [0.2, 0.25) is 0 Å². The predicted octanol–water partition coefficient (Wildman–Crippen LogP) is 0.835. The van der Waals surface area contributed by atoms with Crippen LogP contribution in [0.3, 0.4) is 0 Å². The Morgan fingerprint density at radius 2 is 1.96 bits per heavy atom. The van der Waals surface area contributed by atoms with Gasteiger partial charge in [-0.1, -0.05) is 0 Å². The molecule has 1 fully saturated rings. The van der Waals surface area contributed by atoms with Crippen LogP contribution in [0.4, 0.5) is 0 Å². The summed E-state index contributed by atoms with van der Waals surface area (Å²) in [6.07, 6.45) is 1.35. The fourth-order valence-electron chi connectivity index (χ4n) is 1.87. The van der Waals surface area contributed by atoms with Crippen LogP contribution in [0, 0.1) is 0 Å². The molecule has 0 aromatic heterocycles. The van der Waals surface area contributed by atoms with E-state index < -0.39 is 24.4 Å². The minimum Gasteiger partial charge on any atom is -0.493 e. The number of aliphatic carboxylic acids is 1. The lowest BCUT2D eigenvalue weighted by Crippen LogP contribution is -2.51. The van der Waals surface area contributed by atoms with Crippen molar-refractivity contribution in [2.75, 3.05) is 13.7 Å². The normalized spacial score (nSPS) is 13.9. The first-order chi connectivity index (χ1) is 11.3. The van der Waals surface area contributed by atoms with Crippen molar-refractivity contribution in [1.29, 1.82) is 0 Å². The number of carboxylic acids is 1. The number of methoxy groups -OCH3 is 1. The number of benzene rings is 1. The van der Waals surface area contributed by atoms with Crippen molar-refractivity contribution in [2.45, 2.75) is 0 Å². The van der Waals surface area contributed by atoms with Crippen molar-refractivity contribution >= 4 is 57.1 Å². The Labute approximate surface area is 149 Å². The summed E-state index contributed by atoms with van der Waals surface area (Å²) in [5, 5.41) is 13.3. The van der Waals surface area contributed by atoms with Crippen molar-refractivity contribution in [3.63, 3.8) is 0 Å². The Morgan fingerprint density at radius 3 is 2.50 bits per heavy atom. The number of amides is 2. The van der Waals surface area contributed by atoms with E-state index in [1.807, 2.05) is 0 Å². The number of hydrogen-bond donors (Lipinski definition) is 3. The second-order valence-electron chi connectivity index (χ2n) is 4.51. The zero-order chi connectivity index (χ0) is 17.9. The molecule has 0 unspecified atom stereocenters. The van der Waals surface area contributed by atoms with Crippen molar-refractivity contribution in [3.05, 3.63) is 27.7 Å².